The third kappa shape index (κ3) is 3.71. The van der Waals surface area contributed by atoms with E-state index in [1.165, 1.54) is 5.56 Å². The Morgan fingerprint density at radius 3 is 2.18 bits per heavy atom. The standard InChI is InChI=1S/C22H26N2O3S/c25-22(24-17-7-9-18-8-3-4-10-21(18)24)19-11-13-20(14-12-19)28(26,27)23-15-5-1-2-6-16-23/h3-4,8,10-14H,1-2,5-7,9,15-17H2. The molecule has 6 heteroatoms. The summed E-state index contributed by atoms with van der Waals surface area (Å²) in [6, 6.07) is 14.4. The highest BCUT2D eigenvalue weighted by Crippen LogP contribution is 2.28. The molecule has 148 valence electrons. The van der Waals surface area contributed by atoms with Gasteiger partial charge >= 0.3 is 0 Å². The lowest BCUT2D eigenvalue weighted by Crippen LogP contribution is -2.35. The molecule has 0 unspecified atom stereocenters. The van der Waals surface area contributed by atoms with Gasteiger partial charge in [-0.2, -0.15) is 4.31 Å². The van der Waals surface area contributed by atoms with Crippen molar-refractivity contribution < 1.29 is 13.2 Å². The number of anilines is 1. The fraction of sp³-hybridized carbons (Fsp3) is 0.409. The Balaban J connectivity index is 1.56. The molecule has 2 aromatic carbocycles. The number of carbonyl (C=O) groups is 1. The molecular weight excluding hydrogens is 372 g/mol. The molecule has 2 aromatic rings. The highest BCUT2D eigenvalue weighted by atomic mass is 32.2. The van der Waals surface area contributed by atoms with Gasteiger partial charge in [0.25, 0.3) is 5.91 Å². The first kappa shape index (κ1) is 19.2. The van der Waals surface area contributed by atoms with E-state index >= 15 is 0 Å². The second-order valence-corrected chi connectivity index (χ2v) is 9.47. The van der Waals surface area contributed by atoms with Gasteiger partial charge in [-0.3, -0.25) is 4.79 Å². The van der Waals surface area contributed by atoms with Crippen LogP contribution in [0.1, 0.15) is 48.0 Å². The van der Waals surface area contributed by atoms with E-state index in [1.54, 1.807) is 33.5 Å². The summed E-state index contributed by atoms with van der Waals surface area (Å²) in [6.45, 7) is 1.84. The van der Waals surface area contributed by atoms with Crippen molar-refractivity contribution in [2.24, 2.45) is 0 Å². The number of nitrogens with zero attached hydrogens (tertiary/aromatic N) is 2. The maximum atomic E-state index is 13.0. The highest BCUT2D eigenvalue weighted by molar-refractivity contribution is 7.89. The minimum Gasteiger partial charge on any atom is -0.308 e. The molecule has 2 aliphatic heterocycles. The van der Waals surface area contributed by atoms with Gasteiger partial charge in [0.15, 0.2) is 0 Å². The Bertz CT molecular complexity index is 946. The van der Waals surface area contributed by atoms with Gasteiger partial charge in [0.05, 0.1) is 4.90 Å². The van der Waals surface area contributed by atoms with Gasteiger partial charge in [0, 0.05) is 30.9 Å². The van der Waals surface area contributed by atoms with Gasteiger partial charge in [-0.05, 0) is 61.6 Å². The number of fused-ring (bicyclic) bond motifs is 1. The molecule has 0 N–H and O–H groups in total. The van der Waals surface area contributed by atoms with Gasteiger partial charge in [0.1, 0.15) is 0 Å². The van der Waals surface area contributed by atoms with E-state index in [2.05, 4.69) is 6.07 Å². The molecule has 2 aliphatic rings. The number of para-hydroxylation sites is 1. The normalized spacial score (nSPS) is 18.4. The Hall–Kier alpha value is -2.18. The van der Waals surface area contributed by atoms with Crippen molar-refractivity contribution in [3.63, 3.8) is 0 Å². The number of carbonyl (C=O) groups excluding carboxylic acids is 1. The van der Waals surface area contributed by atoms with E-state index < -0.39 is 10.0 Å². The van der Waals surface area contributed by atoms with E-state index in [9.17, 15) is 13.2 Å². The first-order chi connectivity index (χ1) is 13.6. The predicted molar refractivity (Wildman–Crippen MR) is 110 cm³/mol. The topological polar surface area (TPSA) is 57.7 Å². The lowest BCUT2D eigenvalue weighted by Gasteiger charge is -2.29. The molecule has 0 radical (unpaired) electrons. The summed E-state index contributed by atoms with van der Waals surface area (Å²) in [4.78, 5) is 15.1. The minimum absolute atomic E-state index is 0.0779. The zero-order valence-electron chi connectivity index (χ0n) is 16.0. The Kier molecular flexibility index (Phi) is 5.51. The van der Waals surface area contributed by atoms with Gasteiger partial charge < -0.3 is 4.90 Å². The van der Waals surface area contributed by atoms with Crippen molar-refractivity contribution in [2.75, 3.05) is 24.5 Å². The van der Waals surface area contributed by atoms with Crippen LogP contribution < -0.4 is 4.90 Å². The van der Waals surface area contributed by atoms with Crippen LogP contribution in [-0.2, 0) is 16.4 Å². The predicted octanol–water partition coefficient (Wildman–Crippen LogP) is 3.84. The number of rotatable bonds is 3. The minimum atomic E-state index is -3.49. The summed E-state index contributed by atoms with van der Waals surface area (Å²) in [5.74, 6) is -0.0779. The van der Waals surface area contributed by atoms with Gasteiger partial charge in [0.2, 0.25) is 10.0 Å². The maximum Gasteiger partial charge on any atom is 0.258 e. The molecule has 0 bridgehead atoms. The van der Waals surface area contributed by atoms with Crippen molar-refractivity contribution in [1.82, 2.24) is 4.31 Å². The summed E-state index contributed by atoms with van der Waals surface area (Å²) in [5.41, 5.74) is 2.66. The molecule has 1 fully saturated rings. The molecule has 0 aromatic heterocycles. The Morgan fingerprint density at radius 2 is 1.46 bits per heavy atom. The molecule has 28 heavy (non-hydrogen) atoms. The molecule has 0 saturated carbocycles. The van der Waals surface area contributed by atoms with E-state index in [0.717, 1.165) is 44.2 Å². The fourth-order valence-electron chi connectivity index (χ4n) is 4.10. The highest BCUT2D eigenvalue weighted by Gasteiger charge is 2.27. The molecule has 1 saturated heterocycles. The number of benzene rings is 2. The monoisotopic (exact) mass is 398 g/mol. The summed E-state index contributed by atoms with van der Waals surface area (Å²) < 4.78 is 27.4. The molecule has 0 atom stereocenters. The smallest absolute Gasteiger partial charge is 0.258 e. The summed E-state index contributed by atoms with van der Waals surface area (Å²) >= 11 is 0. The third-order valence-corrected chi connectivity index (χ3v) is 7.57. The van der Waals surface area contributed by atoms with Gasteiger partial charge in [-0.25, -0.2) is 8.42 Å². The Morgan fingerprint density at radius 1 is 0.786 bits per heavy atom. The largest absolute Gasteiger partial charge is 0.308 e. The van der Waals surface area contributed by atoms with E-state index in [1.807, 2.05) is 18.2 Å². The van der Waals surface area contributed by atoms with Crippen molar-refractivity contribution in [3.05, 3.63) is 59.7 Å². The van der Waals surface area contributed by atoms with Crippen molar-refractivity contribution in [2.45, 2.75) is 43.4 Å². The van der Waals surface area contributed by atoms with E-state index in [0.29, 0.717) is 25.2 Å². The van der Waals surface area contributed by atoms with Crippen molar-refractivity contribution in [1.29, 1.82) is 0 Å². The van der Waals surface area contributed by atoms with Crippen LogP contribution in [-0.4, -0.2) is 38.3 Å². The van der Waals surface area contributed by atoms with Crippen LogP contribution in [0, 0.1) is 0 Å². The zero-order valence-corrected chi connectivity index (χ0v) is 16.8. The SMILES string of the molecule is O=C(c1ccc(S(=O)(=O)N2CCCCCC2)cc1)N1CCCc2ccccc21. The van der Waals surface area contributed by atoms with Crippen molar-refractivity contribution >= 4 is 21.6 Å². The van der Waals surface area contributed by atoms with Crippen LogP contribution in [0.5, 0.6) is 0 Å². The maximum absolute atomic E-state index is 13.0. The van der Waals surface area contributed by atoms with Gasteiger partial charge in [-0.1, -0.05) is 31.0 Å². The van der Waals surface area contributed by atoms with E-state index in [-0.39, 0.29) is 10.8 Å². The lowest BCUT2D eigenvalue weighted by atomic mass is 10.0. The van der Waals surface area contributed by atoms with Crippen LogP contribution in [0.3, 0.4) is 0 Å². The number of hydrogen-bond donors (Lipinski definition) is 0. The van der Waals surface area contributed by atoms with Crippen LogP contribution in [0.4, 0.5) is 5.69 Å². The molecule has 5 nitrogen and oxygen atoms in total. The summed E-state index contributed by atoms with van der Waals surface area (Å²) in [7, 11) is -3.49. The second kappa shape index (κ2) is 8.05. The van der Waals surface area contributed by atoms with Crippen LogP contribution in [0.15, 0.2) is 53.4 Å². The van der Waals surface area contributed by atoms with Crippen LogP contribution in [0.2, 0.25) is 0 Å². The molecule has 2 heterocycles. The quantitative estimate of drug-likeness (QED) is 0.789. The number of aryl methyl sites for hydroxylation is 1. The summed E-state index contributed by atoms with van der Waals surface area (Å²) in [6.07, 6.45) is 5.89. The third-order valence-electron chi connectivity index (χ3n) is 5.66. The van der Waals surface area contributed by atoms with Crippen molar-refractivity contribution in [3.8, 4) is 0 Å². The van der Waals surface area contributed by atoms with Gasteiger partial charge in [-0.15, -0.1) is 0 Å². The molecule has 4 rings (SSSR count). The Labute approximate surface area is 167 Å². The first-order valence-electron chi connectivity index (χ1n) is 10.1. The molecule has 0 aliphatic carbocycles. The molecule has 1 amide bonds. The van der Waals surface area contributed by atoms with E-state index in [4.69, 9.17) is 0 Å². The number of amides is 1. The first-order valence-corrected chi connectivity index (χ1v) is 11.5. The van der Waals surface area contributed by atoms with Crippen LogP contribution >= 0.6 is 0 Å². The summed E-state index contributed by atoms with van der Waals surface area (Å²) in [5, 5.41) is 0. The van der Waals surface area contributed by atoms with Crippen LogP contribution in [0.25, 0.3) is 0 Å². The second-order valence-electron chi connectivity index (χ2n) is 7.53. The fourth-order valence-corrected chi connectivity index (χ4v) is 5.62. The number of sulfonamides is 1. The molecular formula is C22H26N2O3S. The average Bonchev–Trinajstić information content (AvgIpc) is 3.03. The zero-order chi connectivity index (χ0) is 19.6. The average molecular weight is 399 g/mol. The molecule has 0 spiro atoms. The number of hydrogen-bond acceptors (Lipinski definition) is 3. The lowest BCUT2D eigenvalue weighted by molar-refractivity contribution is 0.0985.